The summed E-state index contributed by atoms with van der Waals surface area (Å²) in [5.74, 6) is 0. The van der Waals surface area contributed by atoms with Gasteiger partial charge in [0.2, 0.25) is 0 Å². The third-order valence-electron chi connectivity index (χ3n) is 4.22. The number of hydrogen-bond acceptors (Lipinski definition) is 2. The van der Waals surface area contributed by atoms with Crippen molar-refractivity contribution in [3.05, 3.63) is 35.4 Å². The van der Waals surface area contributed by atoms with Crippen molar-refractivity contribution in [2.75, 3.05) is 12.8 Å². The first-order chi connectivity index (χ1) is 8.65. The van der Waals surface area contributed by atoms with Crippen LogP contribution in [0.2, 0.25) is 0 Å². The van der Waals surface area contributed by atoms with Crippen molar-refractivity contribution in [3.8, 4) is 0 Å². The van der Waals surface area contributed by atoms with Crippen LogP contribution in [0, 0.1) is 6.92 Å². The van der Waals surface area contributed by atoms with E-state index in [1.807, 2.05) is 0 Å². The highest BCUT2D eigenvalue weighted by Crippen LogP contribution is 2.39. The number of aryl methyl sites for hydroxylation is 1. The van der Waals surface area contributed by atoms with Crippen LogP contribution in [0.3, 0.4) is 0 Å². The minimum absolute atomic E-state index is 0.453. The largest absolute Gasteiger partial charge is 0.309 e. The van der Waals surface area contributed by atoms with Gasteiger partial charge in [0.25, 0.3) is 0 Å². The topological polar surface area (TPSA) is 12.0 Å². The Kier molecular flexibility index (Phi) is 4.74. The van der Waals surface area contributed by atoms with Crippen LogP contribution in [0.5, 0.6) is 0 Å². The molecule has 1 N–H and O–H groups in total. The Bertz CT molecular complexity index is 382. The van der Waals surface area contributed by atoms with E-state index < -0.39 is 0 Å². The molecule has 1 saturated carbocycles. The molecule has 1 aromatic carbocycles. The summed E-state index contributed by atoms with van der Waals surface area (Å²) < 4.78 is 0.498. The predicted molar refractivity (Wildman–Crippen MR) is 82.3 cm³/mol. The zero-order valence-corrected chi connectivity index (χ0v) is 12.6. The summed E-state index contributed by atoms with van der Waals surface area (Å²) in [6.07, 6.45) is 7.83. The van der Waals surface area contributed by atoms with E-state index in [0.29, 0.717) is 10.8 Å². The van der Waals surface area contributed by atoms with Crippen LogP contribution < -0.4 is 5.32 Å². The Hall–Kier alpha value is -0.470. The van der Waals surface area contributed by atoms with Crippen molar-refractivity contribution in [1.29, 1.82) is 0 Å². The summed E-state index contributed by atoms with van der Waals surface area (Å²) in [5, 5.41) is 3.74. The van der Waals surface area contributed by atoms with Gasteiger partial charge in [0.05, 0.1) is 0 Å². The van der Waals surface area contributed by atoms with Gasteiger partial charge in [0.1, 0.15) is 0 Å². The molecule has 2 rings (SSSR count). The van der Waals surface area contributed by atoms with Gasteiger partial charge in [-0.25, -0.2) is 0 Å². The Morgan fingerprint density at radius 1 is 1.33 bits per heavy atom. The van der Waals surface area contributed by atoms with E-state index >= 15 is 0 Å². The van der Waals surface area contributed by atoms with E-state index in [9.17, 15) is 0 Å². The minimum atomic E-state index is 0.453. The summed E-state index contributed by atoms with van der Waals surface area (Å²) in [7, 11) is 0. The molecule has 1 fully saturated rings. The van der Waals surface area contributed by atoms with Crippen LogP contribution in [0.1, 0.15) is 49.8 Å². The molecule has 100 valence electrons. The Balaban J connectivity index is 1.93. The van der Waals surface area contributed by atoms with E-state index in [4.69, 9.17) is 0 Å². The van der Waals surface area contributed by atoms with E-state index in [1.165, 1.54) is 36.8 Å². The normalized spacial score (nSPS) is 19.9. The third-order valence-corrected chi connectivity index (χ3v) is 5.64. The predicted octanol–water partition coefficient (Wildman–Crippen LogP) is 4.32. The number of nitrogens with one attached hydrogen (secondary N) is 1. The molecule has 18 heavy (non-hydrogen) atoms. The highest BCUT2D eigenvalue weighted by atomic mass is 32.2. The standard InChI is InChI=1S/C16H25NS/c1-13-7-6-8-15(11-13)14(2)17-12-16(18-3)9-4-5-10-16/h6-8,11,14,17H,4-5,9-10,12H2,1-3H3. The fourth-order valence-corrected chi connectivity index (χ4v) is 3.79. The number of thioether (sulfide) groups is 1. The summed E-state index contributed by atoms with van der Waals surface area (Å²) >= 11 is 2.06. The molecular formula is C16H25NS. The first-order valence-corrected chi connectivity index (χ1v) is 8.23. The van der Waals surface area contributed by atoms with Crippen molar-refractivity contribution in [3.63, 3.8) is 0 Å². The van der Waals surface area contributed by atoms with Gasteiger partial charge >= 0.3 is 0 Å². The second-order valence-corrected chi connectivity index (χ2v) is 6.89. The minimum Gasteiger partial charge on any atom is -0.309 e. The molecule has 1 atom stereocenters. The van der Waals surface area contributed by atoms with Crippen LogP contribution in [0.15, 0.2) is 24.3 Å². The molecule has 1 nitrogen and oxygen atoms in total. The molecule has 1 aromatic rings. The zero-order chi connectivity index (χ0) is 13.0. The molecule has 0 saturated heterocycles. The average Bonchev–Trinajstić information content (AvgIpc) is 2.85. The summed E-state index contributed by atoms with van der Waals surface area (Å²) in [6, 6.07) is 9.29. The molecule has 0 amide bonds. The first kappa shape index (κ1) is 14.0. The molecule has 1 unspecified atom stereocenters. The zero-order valence-electron chi connectivity index (χ0n) is 11.8. The van der Waals surface area contributed by atoms with Gasteiger partial charge in [-0.1, -0.05) is 42.7 Å². The SMILES string of the molecule is CSC1(CNC(C)c2cccc(C)c2)CCCC1. The molecule has 1 aliphatic carbocycles. The number of hydrogen-bond donors (Lipinski definition) is 1. The Morgan fingerprint density at radius 3 is 2.67 bits per heavy atom. The molecule has 2 heteroatoms. The summed E-state index contributed by atoms with van der Waals surface area (Å²) in [5.41, 5.74) is 2.76. The lowest BCUT2D eigenvalue weighted by molar-refractivity contribution is 0.486. The van der Waals surface area contributed by atoms with Crippen molar-refractivity contribution in [2.24, 2.45) is 0 Å². The quantitative estimate of drug-likeness (QED) is 0.849. The van der Waals surface area contributed by atoms with Crippen molar-refractivity contribution >= 4 is 11.8 Å². The van der Waals surface area contributed by atoms with Gasteiger partial charge in [-0.05, 0) is 38.5 Å². The molecular weight excluding hydrogens is 238 g/mol. The molecule has 0 aliphatic heterocycles. The fraction of sp³-hybridized carbons (Fsp3) is 0.625. The van der Waals surface area contributed by atoms with Crippen LogP contribution in [0.4, 0.5) is 0 Å². The smallest absolute Gasteiger partial charge is 0.0292 e. The lowest BCUT2D eigenvalue weighted by Gasteiger charge is -2.29. The van der Waals surface area contributed by atoms with Crippen molar-refractivity contribution in [1.82, 2.24) is 5.32 Å². The molecule has 0 radical (unpaired) electrons. The van der Waals surface area contributed by atoms with E-state index in [0.717, 1.165) is 6.54 Å². The molecule has 0 bridgehead atoms. The maximum absolute atomic E-state index is 3.74. The van der Waals surface area contributed by atoms with Crippen LogP contribution >= 0.6 is 11.8 Å². The second-order valence-electron chi connectivity index (χ2n) is 5.61. The van der Waals surface area contributed by atoms with Gasteiger partial charge in [0.15, 0.2) is 0 Å². The highest BCUT2D eigenvalue weighted by Gasteiger charge is 2.32. The van der Waals surface area contributed by atoms with Crippen LogP contribution in [0.25, 0.3) is 0 Å². The van der Waals surface area contributed by atoms with Gasteiger partial charge in [-0.2, -0.15) is 11.8 Å². The highest BCUT2D eigenvalue weighted by molar-refractivity contribution is 8.00. The summed E-state index contributed by atoms with van der Waals surface area (Å²) in [4.78, 5) is 0. The lowest BCUT2D eigenvalue weighted by atomic mass is 10.0. The number of rotatable bonds is 5. The van der Waals surface area contributed by atoms with E-state index in [2.05, 4.69) is 61.4 Å². The lowest BCUT2D eigenvalue weighted by Crippen LogP contribution is -2.36. The molecule has 0 heterocycles. The molecule has 0 spiro atoms. The third kappa shape index (κ3) is 3.30. The van der Waals surface area contributed by atoms with Gasteiger partial charge < -0.3 is 5.32 Å². The van der Waals surface area contributed by atoms with E-state index in [1.54, 1.807) is 0 Å². The second kappa shape index (κ2) is 6.12. The van der Waals surface area contributed by atoms with Crippen LogP contribution in [-0.2, 0) is 0 Å². The number of benzene rings is 1. The fourth-order valence-electron chi connectivity index (χ4n) is 2.87. The van der Waals surface area contributed by atoms with Gasteiger partial charge in [-0.3, -0.25) is 0 Å². The van der Waals surface area contributed by atoms with Crippen molar-refractivity contribution < 1.29 is 0 Å². The Labute approximate surface area is 116 Å². The summed E-state index contributed by atoms with van der Waals surface area (Å²) in [6.45, 7) is 5.58. The average molecular weight is 263 g/mol. The van der Waals surface area contributed by atoms with Crippen LogP contribution in [-0.4, -0.2) is 17.5 Å². The van der Waals surface area contributed by atoms with E-state index in [-0.39, 0.29) is 0 Å². The maximum Gasteiger partial charge on any atom is 0.0292 e. The molecule has 0 aromatic heterocycles. The molecule has 1 aliphatic rings. The monoisotopic (exact) mass is 263 g/mol. The maximum atomic E-state index is 3.74. The Morgan fingerprint density at radius 2 is 2.06 bits per heavy atom. The first-order valence-electron chi connectivity index (χ1n) is 7.00. The van der Waals surface area contributed by atoms with Crippen molar-refractivity contribution in [2.45, 2.75) is 50.3 Å². The van der Waals surface area contributed by atoms with Gasteiger partial charge in [-0.15, -0.1) is 0 Å². The van der Waals surface area contributed by atoms with Gasteiger partial charge in [0, 0.05) is 17.3 Å².